The highest BCUT2D eigenvalue weighted by molar-refractivity contribution is 5.77. The summed E-state index contributed by atoms with van der Waals surface area (Å²) in [6.07, 6.45) is 0.0247. The van der Waals surface area contributed by atoms with E-state index in [1.807, 2.05) is 0 Å². The Balaban J connectivity index is 3.40. The molecule has 5 heteroatoms. The average Bonchev–Trinajstić information content (AvgIpc) is 2.12. The van der Waals surface area contributed by atoms with E-state index in [0.29, 0.717) is 6.61 Å². The smallest absolute Gasteiger partial charge is 0.306 e. The molecule has 13 heavy (non-hydrogen) atoms. The van der Waals surface area contributed by atoms with Gasteiger partial charge in [0.2, 0.25) is 0 Å². The van der Waals surface area contributed by atoms with Crippen LogP contribution in [0, 0.1) is 0 Å². The Bertz CT molecular complexity index is 166. The van der Waals surface area contributed by atoms with Crippen molar-refractivity contribution in [3.05, 3.63) is 0 Å². The van der Waals surface area contributed by atoms with Gasteiger partial charge < -0.3 is 14.6 Å². The van der Waals surface area contributed by atoms with Crippen molar-refractivity contribution in [2.45, 2.75) is 19.8 Å². The first-order valence-electron chi connectivity index (χ1n) is 4.12. The molecule has 0 atom stereocenters. The van der Waals surface area contributed by atoms with Gasteiger partial charge in [0, 0.05) is 0 Å². The van der Waals surface area contributed by atoms with E-state index in [4.69, 9.17) is 5.11 Å². The first kappa shape index (κ1) is 11.9. The molecule has 0 aromatic carbocycles. The third kappa shape index (κ3) is 7.27. The van der Waals surface area contributed by atoms with Gasteiger partial charge in [0.25, 0.3) is 0 Å². The number of hydrogen-bond acceptors (Lipinski definition) is 5. The minimum Gasteiger partial charge on any atom is -0.466 e. The summed E-state index contributed by atoms with van der Waals surface area (Å²) in [7, 11) is 0. The Morgan fingerprint density at radius 2 is 1.69 bits per heavy atom. The van der Waals surface area contributed by atoms with E-state index >= 15 is 0 Å². The Labute approximate surface area is 76.6 Å². The molecule has 5 nitrogen and oxygen atoms in total. The van der Waals surface area contributed by atoms with Gasteiger partial charge in [-0.05, 0) is 6.92 Å². The van der Waals surface area contributed by atoms with Crippen LogP contribution < -0.4 is 0 Å². The zero-order chi connectivity index (χ0) is 10.1. The number of aliphatic hydroxyl groups excluding tert-OH is 1. The van der Waals surface area contributed by atoms with Crippen LogP contribution in [0.1, 0.15) is 19.8 Å². The fourth-order valence-corrected chi connectivity index (χ4v) is 0.669. The summed E-state index contributed by atoms with van der Waals surface area (Å²) in [5.41, 5.74) is 0. The quantitative estimate of drug-likeness (QED) is 0.590. The van der Waals surface area contributed by atoms with Crippen LogP contribution >= 0.6 is 0 Å². The van der Waals surface area contributed by atoms with Gasteiger partial charge in [0.1, 0.15) is 6.61 Å². The van der Waals surface area contributed by atoms with Gasteiger partial charge in [-0.25, -0.2) is 0 Å². The summed E-state index contributed by atoms with van der Waals surface area (Å²) in [6, 6.07) is 0. The molecule has 1 N–H and O–H groups in total. The lowest BCUT2D eigenvalue weighted by molar-refractivity contribution is -0.150. The van der Waals surface area contributed by atoms with Crippen LogP contribution in [0.4, 0.5) is 0 Å². The minimum atomic E-state index is -0.498. The van der Waals surface area contributed by atoms with E-state index in [9.17, 15) is 9.59 Å². The standard InChI is InChI=1S/C8H14O5/c1-2-12-7(10)3-4-8(11)13-6-5-9/h9H,2-6H2,1H3. The molecule has 0 fully saturated rings. The molecule has 0 radical (unpaired) electrons. The van der Waals surface area contributed by atoms with Crippen molar-refractivity contribution in [3.8, 4) is 0 Å². The van der Waals surface area contributed by atoms with E-state index in [-0.39, 0.29) is 26.1 Å². The van der Waals surface area contributed by atoms with Crippen molar-refractivity contribution in [1.29, 1.82) is 0 Å². The van der Waals surface area contributed by atoms with Gasteiger partial charge in [0.05, 0.1) is 26.1 Å². The van der Waals surface area contributed by atoms with Crippen molar-refractivity contribution < 1.29 is 24.2 Å². The van der Waals surface area contributed by atoms with Gasteiger partial charge in [-0.15, -0.1) is 0 Å². The van der Waals surface area contributed by atoms with Gasteiger partial charge in [0.15, 0.2) is 0 Å². The second kappa shape index (κ2) is 7.54. The maximum absolute atomic E-state index is 10.8. The third-order valence-corrected chi connectivity index (χ3v) is 1.19. The largest absolute Gasteiger partial charge is 0.466 e. The topological polar surface area (TPSA) is 72.8 Å². The summed E-state index contributed by atoms with van der Waals surface area (Å²) >= 11 is 0. The molecule has 0 aliphatic rings. The van der Waals surface area contributed by atoms with Crippen LogP contribution in [-0.4, -0.2) is 36.9 Å². The highest BCUT2D eigenvalue weighted by Gasteiger charge is 2.07. The van der Waals surface area contributed by atoms with Crippen LogP contribution in [-0.2, 0) is 19.1 Å². The molecule has 0 rings (SSSR count). The molecule has 0 saturated carbocycles. The number of ether oxygens (including phenoxy) is 2. The number of carbonyl (C=O) groups is 2. The van der Waals surface area contributed by atoms with Gasteiger partial charge >= 0.3 is 11.9 Å². The van der Waals surface area contributed by atoms with E-state index in [1.165, 1.54) is 0 Å². The fraction of sp³-hybridized carbons (Fsp3) is 0.750. The predicted octanol–water partition coefficient (Wildman–Crippen LogP) is -0.135. The molecular weight excluding hydrogens is 176 g/mol. The molecule has 0 spiro atoms. The molecule has 0 amide bonds. The minimum absolute atomic E-state index is 0.00116. The second-order valence-corrected chi connectivity index (χ2v) is 2.25. The number of aliphatic hydroxyl groups is 1. The van der Waals surface area contributed by atoms with Gasteiger partial charge in [-0.3, -0.25) is 9.59 Å². The average molecular weight is 190 g/mol. The van der Waals surface area contributed by atoms with E-state index in [2.05, 4.69) is 9.47 Å². The number of rotatable bonds is 6. The first-order chi connectivity index (χ1) is 6.20. The lowest BCUT2D eigenvalue weighted by Gasteiger charge is -2.02. The van der Waals surface area contributed by atoms with Crippen molar-refractivity contribution in [2.75, 3.05) is 19.8 Å². The Kier molecular flexibility index (Phi) is 6.91. The molecule has 0 aliphatic carbocycles. The molecule has 0 aromatic rings. The third-order valence-electron chi connectivity index (χ3n) is 1.19. The van der Waals surface area contributed by atoms with Crippen LogP contribution in [0.15, 0.2) is 0 Å². The zero-order valence-electron chi connectivity index (χ0n) is 7.62. The van der Waals surface area contributed by atoms with Crippen LogP contribution in [0.3, 0.4) is 0 Å². The molecule has 0 saturated heterocycles. The molecular formula is C8H14O5. The van der Waals surface area contributed by atoms with Crippen LogP contribution in [0.5, 0.6) is 0 Å². The molecule has 0 bridgehead atoms. The lowest BCUT2D eigenvalue weighted by Crippen LogP contribution is -2.11. The molecule has 0 unspecified atom stereocenters. The fourth-order valence-electron chi connectivity index (χ4n) is 0.669. The Morgan fingerprint density at radius 3 is 2.15 bits per heavy atom. The molecule has 76 valence electrons. The van der Waals surface area contributed by atoms with E-state index in [1.54, 1.807) is 6.92 Å². The molecule has 0 heterocycles. The Morgan fingerprint density at radius 1 is 1.15 bits per heavy atom. The number of esters is 2. The summed E-state index contributed by atoms with van der Waals surface area (Å²) in [6.45, 7) is 1.78. The van der Waals surface area contributed by atoms with Gasteiger partial charge in [-0.2, -0.15) is 0 Å². The van der Waals surface area contributed by atoms with Crippen molar-refractivity contribution in [1.82, 2.24) is 0 Å². The lowest BCUT2D eigenvalue weighted by atomic mass is 10.3. The highest BCUT2D eigenvalue weighted by Crippen LogP contribution is 1.95. The van der Waals surface area contributed by atoms with Crippen molar-refractivity contribution >= 4 is 11.9 Å². The maximum Gasteiger partial charge on any atom is 0.306 e. The zero-order valence-corrected chi connectivity index (χ0v) is 7.62. The summed E-state index contributed by atoms with van der Waals surface area (Å²) in [4.78, 5) is 21.5. The van der Waals surface area contributed by atoms with Gasteiger partial charge in [-0.1, -0.05) is 0 Å². The summed E-state index contributed by atoms with van der Waals surface area (Å²) in [5, 5.41) is 8.31. The van der Waals surface area contributed by atoms with E-state index in [0.717, 1.165) is 0 Å². The Hall–Kier alpha value is -1.10. The molecule has 0 aromatic heterocycles. The first-order valence-corrected chi connectivity index (χ1v) is 4.12. The van der Waals surface area contributed by atoms with E-state index < -0.39 is 11.9 Å². The van der Waals surface area contributed by atoms with Crippen LogP contribution in [0.2, 0.25) is 0 Å². The molecule has 0 aliphatic heterocycles. The van der Waals surface area contributed by atoms with Crippen molar-refractivity contribution in [2.24, 2.45) is 0 Å². The SMILES string of the molecule is CCOC(=O)CCC(=O)OCCO. The van der Waals surface area contributed by atoms with Crippen LogP contribution in [0.25, 0.3) is 0 Å². The van der Waals surface area contributed by atoms with Crippen molar-refractivity contribution in [3.63, 3.8) is 0 Å². The normalized spacial score (nSPS) is 9.38. The number of hydrogen-bond donors (Lipinski definition) is 1. The predicted molar refractivity (Wildman–Crippen MR) is 43.9 cm³/mol. The number of carbonyl (C=O) groups excluding carboxylic acids is 2. The monoisotopic (exact) mass is 190 g/mol. The summed E-state index contributed by atoms with van der Waals surface area (Å²) < 4.78 is 9.12. The summed E-state index contributed by atoms with van der Waals surface area (Å²) in [5.74, 6) is -0.912. The second-order valence-electron chi connectivity index (χ2n) is 2.25. The maximum atomic E-state index is 10.8. The highest BCUT2D eigenvalue weighted by atomic mass is 16.5.